The highest BCUT2D eigenvalue weighted by molar-refractivity contribution is 6.32. The van der Waals surface area contributed by atoms with Crippen molar-refractivity contribution in [2.45, 2.75) is 25.3 Å². The summed E-state index contributed by atoms with van der Waals surface area (Å²) in [7, 11) is 0. The molecule has 0 aromatic heterocycles. The van der Waals surface area contributed by atoms with E-state index in [0.717, 1.165) is 6.42 Å². The van der Waals surface area contributed by atoms with Gasteiger partial charge in [-0.25, -0.2) is 9.18 Å². The maximum Gasteiger partial charge on any atom is 0.394 e. The summed E-state index contributed by atoms with van der Waals surface area (Å²) in [6, 6.07) is 4.09. The Morgan fingerprint density at radius 2 is 2.21 bits per heavy atom. The van der Waals surface area contributed by atoms with Crippen molar-refractivity contribution in [3.63, 3.8) is 0 Å². The zero-order valence-electron chi connectivity index (χ0n) is 10.1. The number of likely N-dealkylation sites (tertiary alicyclic amines) is 1. The molecule has 1 fully saturated rings. The molecule has 1 aromatic carbocycles. The molecule has 0 spiro atoms. The lowest BCUT2D eigenvalue weighted by Crippen LogP contribution is -2.41. The van der Waals surface area contributed by atoms with E-state index >= 15 is 0 Å². The van der Waals surface area contributed by atoms with Gasteiger partial charge in [-0.15, -0.1) is 0 Å². The molecule has 1 amide bonds. The van der Waals surface area contributed by atoms with Crippen molar-refractivity contribution in [3.05, 3.63) is 34.6 Å². The van der Waals surface area contributed by atoms with Crippen LogP contribution >= 0.6 is 11.6 Å². The minimum atomic E-state index is -1.48. The number of carboxylic acids is 1. The Balaban J connectivity index is 2.18. The maximum atomic E-state index is 13.7. The number of aliphatic carboxylic acids is 1. The van der Waals surface area contributed by atoms with Gasteiger partial charge in [0.25, 0.3) is 0 Å². The van der Waals surface area contributed by atoms with Gasteiger partial charge in [0, 0.05) is 23.2 Å². The smallest absolute Gasteiger partial charge is 0.394 e. The molecular formula is C13H13ClFNO3. The topological polar surface area (TPSA) is 57.6 Å². The number of hydrogen-bond donors (Lipinski definition) is 1. The van der Waals surface area contributed by atoms with Crippen LogP contribution in [0.3, 0.4) is 0 Å². The number of rotatable bonds is 2. The standard InChI is InChI=1S/C13H13ClFNO3/c14-10-4-1-5-11(15)9(10)7-8-3-2-6-16(8)12(17)13(18)19/h1,4-5,8H,2-3,6-7H2,(H,18,19)/t8-/m1/s1. The van der Waals surface area contributed by atoms with Crippen molar-refractivity contribution in [2.75, 3.05) is 6.54 Å². The summed E-state index contributed by atoms with van der Waals surface area (Å²) in [6.45, 7) is 0.391. The summed E-state index contributed by atoms with van der Waals surface area (Å²) in [5.41, 5.74) is 0.333. The highest BCUT2D eigenvalue weighted by Crippen LogP contribution is 2.26. The second-order valence-corrected chi connectivity index (χ2v) is 4.91. The van der Waals surface area contributed by atoms with Crippen LogP contribution in [-0.2, 0) is 16.0 Å². The summed E-state index contributed by atoms with van der Waals surface area (Å²) in [4.78, 5) is 23.5. The number of amides is 1. The van der Waals surface area contributed by atoms with Gasteiger partial charge < -0.3 is 10.0 Å². The monoisotopic (exact) mass is 285 g/mol. The highest BCUT2D eigenvalue weighted by atomic mass is 35.5. The quantitative estimate of drug-likeness (QED) is 0.847. The third-order valence-electron chi connectivity index (χ3n) is 3.32. The Morgan fingerprint density at radius 3 is 2.84 bits per heavy atom. The van der Waals surface area contributed by atoms with E-state index in [4.69, 9.17) is 16.7 Å². The lowest BCUT2D eigenvalue weighted by atomic mass is 10.0. The van der Waals surface area contributed by atoms with Gasteiger partial charge in [0.05, 0.1) is 0 Å². The molecular weight excluding hydrogens is 273 g/mol. The van der Waals surface area contributed by atoms with Crippen LogP contribution in [0.25, 0.3) is 0 Å². The van der Waals surface area contributed by atoms with Crippen molar-refractivity contribution in [1.29, 1.82) is 0 Å². The van der Waals surface area contributed by atoms with E-state index in [1.165, 1.54) is 17.0 Å². The fourth-order valence-corrected chi connectivity index (χ4v) is 2.64. The molecule has 1 aromatic rings. The summed E-state index contributed by atoms with van der Waals surface area (Å²) >= 11 is 5.94. The Bertz CT molecular complexity index is 500. The summed E-state index contributed by atoms with van der Waals surface area (Å²) in [5, 5.41) is 9.04. The second kappa shape index (κ2) is 5.57. The molecule has 2 rings (SSSR count). The summed E-state index contributed by atoms with van der Waals surface area (Å²) < 4.78 is 13.7. The van der Waals surface area contributed by atoms with Crippen LogP contribution in [0.5, 0.6) is 0 Å². The fraction of sp³-hybridized carbons (Fsp3) is 0.385. The number of hydrogen-bond acceptors (Lipinski definition) is 2. The molecule has 1 aliphatic rings. The number of carboxylic acid groups (broad SMARTS) is 1. The molecule has 0 saturated carbocycles. The van der Waals surface area contributed by atoms with Gasteiger partial charge in [-0.1, -0.05) is 17.7 Å². The first-order valence-corrected chi connectivity index (χ1v) is 6.35. The van der Waals surface area contributed by atoms with E-state index in [0.29, 0.717) is 23.6 Å². The third-order valence-corrected chi connectivity index (χ3v) is 3.68. The first kappa shape index (κ1) is 13.8. The normalized spacial score (nSPS) is 18.6. The van der Waals surface area contributed by atoms with E-state index in [1.54, 1.807) is 6.07 Å². The maximum absolute atomic E-state index is 13.7. The van der Waals surface area contributed by atoms with Gasteiger partial charge in [0.15, 0.2) is 0 Å². The molecule has 1 heterocycles. The molecule has 1 aliphatic heterocycles. The van der Waals surface area contributed by atoms with Gasteiger partial charge in [-0.05, 0) is 31.4 Å². The fourth-order valence-electron chi connectivity index (χ4n) is 2.40. The number of halogens is 2. The number of benzene rings is 1. The minimum absolute atomic E-state index is 0.241. The third kappa shape index (κ3) is 2.87. The Hall–Kier alpha value is -1.62. The van der Waals surface area contributed by atoms with E-state index in [1.807, 2.05) is 0 Å². The van der Waals surface area contributed by atoms with E-state index in [2.05, 4.69) is 0 Å². The lowest BCUT2D eigenvalue weighted by molar-refractivity contribution is -0.156. The molecule has 6 heteroatoms. The lowest BCUT2D eigenvalue weighted by Gasteiger charge is -2.23. The van der Waals surface area contributed by atoms with Gasteiger partial charge in [-0.2, -0.15) is 0 Å². The summed E-state index contributed by atoms with van der Waals surface area (Å²) in [6.07, 6.45) is 1.62. The molecule has 1 N–H and O–H groups in total. The van der Waals surface area contributed by atoms with Crippen molar-refractivity contribution in [1.82, 2.24) is 4.90 Å². The van der Waals surface area contributed by atoms with Crippen LogP contribution in [0.2, 0.25) is 5.02 Å². The number of carbonyl (C=O) groups is 2. The molecule has 1 atom stereocenters. The number of carbonyl (C=O) groups excluding carboxylic acids is 1. The van der Waals surface area contributed by atoms with E-state index < -0.39 is 17.7 Å². The molecule has 0 aliphatic carbocycles. The zero-order chi connectivity index (χ0) is 14.0. The predicted molar refractivity (Wildman–Crippen MR) is 67.5 cm³/mol. The minimum Gasteiger partial charge on any atom is -0.474 e. The molecule has 0 bridgehead atoms. The number of nitrogens with zero attached hydrogens (tertiary/aromatic N) is 1. The summed E-state index contributed by atoms with van der Waals surface area (Å²) in [5.74, 6) is -2.84. The van der Waals surface area contributed by atoms with Crippen LogP contribution in [0.4, 0.5) is 4.39 Å². The van der Waals surface area contributed by atoms with Crippen molar-refractivity contribution < 1.29 is 19.1 Å². The SMILES string of the molecule is O=C(O)C(=O)N1CCC[C@@H]1Cc1c(F)cccc1Cl. The largest absolute Gasteiger partial charge is 0.474 e. The Kier molecular flexibility index (Phi) is 4.04. The van der Waals surface area contributed by atoms with Crippen LogP contribution in [0, 0.1) is 5.82 Å². The molecule has 0 unspecified atom stereocenters. The molecule has 19 heavy (non-hydrogen) atoms. The van der Waals surface area contributed by atoms with E-state index in [9.17, 15) is 14.0 Å². The van der Waals surface area contributed by atoms with Gasteiger partial charge in [-0.3, -0.25) is 4.79 Å². The van der Waals surface area contributed by atoms with Crippen LogP contribution in [0.1, 0.15) is 18.4 Å². The molecule has 4 nitrogen and oxygen atoms in total. The molecule has 0 radical (unpaired) electrons. The van der Waals surface area contributed by atoms with Crippen molar-refractivity contribution >= 4 is 23.5 Å². The van der Waals surface area contributed by atoms with Crippen LogP contribution in [-0.4, -0.2) is 34.5 Å². The van der Waals surface area contributed by atoms with Gasteiger partial charge in [0.2, 0.25) is 0 Å². The Labute approximate surface area is 114 Å². The van der Waals surface area contributed by atoms with Crippen molar-refractivity contribution in [2.24, 2.45) is 0 Å². The second-order valence-electron chi connectivity index (χ2n) is 4.50. The van der Waals surface area contributed by atoms with E-state index in [-0.39, 0.29) is 12.5 Å². The first-order valence-electron chi connectivity index (χ1n) is 5.97. The average molecular weight is 286 g/mol. The average Bonchev–Trinajstić information content (AvgIpc) is 2.81. The highest BCUT2D eigenvalue weighted by Gasteiger charge is 2.33. The predicted octanol–water partition coefficient (Wildman–Crippen LogP) is 2.10. The Morgan fingerprint density at radius 1 is 1.47 bits per heavy atom. The molecule has 1 saturated heterocycles. The zero-order valence-corrected chi connectivity index (χ0v) is 10.9. The van der Waals surface area contributed by atoms with Crippen molar-refractivity contribution in [3.8, 4) is 0 Å². The molecule has 102 valence electrons. The first-order chi connectivity index (χ1) is 9.00. The van der Waals surface area contributed by atoms with Gasteiger partial charge >= 0.3 is 11.9 Å². The van der Waals surface area contributed by atoms with Crippen LogP contribution < -0.4 is 0 Å². The van der Waals surface area contributed by atoms with Gasteiger partial charge in [0.1, 0.15) is 5.82 Å². The van der Waals surface area contributed by atoms with Crippen LogP contribution in [0.15, 0.2) is 18.2 Å².